The number of fused-ring (bicyclic) bond motifs is 1. The Bertz CT molecular complexity index is 597. The minimum Gasteiger partial charge on any atom is -0.486 e. The van der Waals surface area contributed by atoms with Gasteiger partial charge in [-0.2, -0.15) is 0 Å². The minimum absolute atomic E-state index is 0.203. The number of amides is 1. The number of para-hydroxylation sites is 2. The predicted molar refractivity (Wildman–Crippen MR) is 69.8 cm³/mol. The molecule has 0 saturated heterocycles. The third-order valence-electron chi connectivity index (χ3n) is 3.05. The van der Waals surface area contributed by atoms with Gasteiger partial charge in [0.1, 0.15) is 12.9 Å². The van der Waals surface area contributed by atoms with Gasteiger partial charge in [0, 0.05) is 13.1 Å². The van der Waals surface area contributed by atoms with Crippen molar-refractivity contribution in [3.05, 3.63) is 42.3 Å². The van der Waals surface area contributed by atoms with Crippen molar-refractivity contribution in [1.29, 1.82) is 0 Å². The molecular weight excluding hydrogens is 260 g/mol. The van der Waals surface area contributed by atoms with Crippen molar-refractivity contribution in [2.45, 2.75) is 6.10 Å². The number of likely N-dealkylation sites (N-methyl/N-ethyl adjacent to an activating group) is 1. The zero-order valence-electron chi connectivity index (χ0n) is 11.0. The average Bonchev–Trinajstić information content (AvgIpc) is 3.00. The standard InChI is InChI=1S/C14H14N2O4/c1-16(14(17)11-6-7-19-15-11)8-10-9-18-12-4-2-3-5-13(12)20-10/h2-7,10H,8-9H2,1H3/t10-/m1/s1. The minimum atomic E-state index is -0.207. The Hall–Kier alpha value is -2.50. The summed E-state index contributed by atoms with van der Waals surface area (Å²) in [5.74, 6) is 1.22. The molecule has 0 spiro atoms. The molecule has 3 rings (SSSR count). The molecule has 0 radical (unpaired) electrons. The molecule has 0 saturated carbocycles. The van der Waals surface area contributed by atoms with E-state index >= 15 is 0 Å². The molecule has 0 unspecified atom stereocenters. The van der Waals surface area contributed by atoms with Crippen molar-refractivity contribution >= 4 is 5.91 Å². The third kappa shape index (κ3) is 2.45. The number of hydrogen-bond donors (Lipinski definition) is 0. The molecular formula is C14H14N2O4. The number of hydrogen-bond acceptors (Lipinski definition) is 5. The van der Waals surface area contributed by atoms with Crippen LogP contribution in [0, 0.1) is 0 Å². The van der Waals surface area contributed by atoms with Gasteiger partial charge >= 0.3 is 0 Å². The van der Waals surface area contributed by atoms with Crippen molar-refractivity contribution in [2.24, 2.45) is 0 Å². The normalized spacial score (nSPS) is 16.8. The van der Waals surface area contributed by atoms with E-state index in [1.165, 1.54) is 12.3 Å². The smallest absolute Gasteiger partial charge is 0.275 e. The van der Waals surface area contributed by atoms with Gasteiger partial charge in [-0.15, -0.1) is 0 Å². The number of rotatable bonds is 3. The molecule has 0 N–H and O–H groups in total. The largest absolute Gasteiger partial charge is 0.486 e. The van der Waals surface area contributed by atoms with E-state index in [0.717, 1.165) is 5.75 Å². The molecule has 0 bridgehead atoms. The molecule has 2 heterocycles. The lowest BCUT2D eigenvalue weighted by atomic mass is 10.2. The quantitative estimate of drug-likeness (QED) is 0.850. The first-order chi connectivity index (χ1) is 9.74. The lowest BCUT2D eigenvalue weighted by Crippen LogP contribution is -2.41. The van der Waals surface area contributed by atoms with Gasteiger partial charge in [0.25, 0.3) is 5.91 Å². The summed E-state index contributed by atoms with van der Waals surface area (Å²) in [7, 11) is 1.70. The molecule has 1 atom stereocenters. The molecule has 6 heteroatoms. The van der Waals surface area contributed by atoms with E-state index in [1.807, 2.05) is 24.3 Å². The number of nitrogens with zero attached hydrogens (tertiary/aromatic N) is 2. The Labute approximate surface area is 115 Å². The fraction of sp³-hybridized carbons (Fsp3) is 0.286. The first-order valence-corrected chi connectivity index (χ1v) is 6.28. The molecule has 104 valence electrons. The van der Waals surface area contributed by atoms with Crippen LogP contribution in [0.3, 0.4) is 0 Å². The molecule has 1 aromatic carbocycles. The van der Waals surface area contributed by atoms with E-state index in [-0.39, 0.29) is 17.7 Å². The molecule has 20 heavy (non-hydrogen) atoms. The summed E-state index contributed by atoms with van der Waals surface area (Å²) >= 11 is 0. The second-order valence-electron chi connectivity index (χ2n) is 4.57. The summed E-state index contributed by atoms with van der Waals surface area (Å²) in [6.07, 6.45) is 1.17. The lowest BCUT2D eigenvalue weighted by molar-refractivity contribution is 0.0515. The Kier molecular flexibility index (Phi) is 3.28. The van der Waals surface area contributed by atoms with Crippen LogP contribution in [-0.2, 0) is 0 Å². The highest BCUT2D eigenvalue weighted by Gasteiger charge is 2.24. The fourth-order valence-electron chi connectivity index (χ4n) is 2.06. The van der Waals surface area contributed by atoms with E-state index in [2.05, 4.69) is 9.68 Å². The highest BCUT2D eigenvalue weighted by molar-refractivity contribution is 5.91. The van der Waals surface area contributed by atoms with Crippen LogP contribution in [0.15, 0.2) is 41.1 Å². The van der Waals surface area contributed by atoms with Crippen LogP contribution in [-0.4, -0.2) is 42.3 Å². The maximum Gasteiger partial charge on any atom is 0.275 e. The van der Waals surface area contributed by atoms with E-state index < -0.39 is 0 Å². The van der Waals surface area contributed by atoms with Crippen LogP contribution in [0.2, 0.25) is 0 Å². The molecule has 2 aromatic rings. The van der Waals surface area contributed by atoms with Gasteiger partial charge in [-0.1, -0.05) is 17.3 Å². The summed E-state index contributed by atoms with van der Waals surface area (Å²) < 4.78 is 16.1. The highest BCUT2D eigenvalue weighted by Crippen LogP contribution is 2.30. The topological polar surface area (TPSA) is 64.8 Å². The van der Waals surface area contributed by atoms with Gasteiger partial charge in [0.15, 0.2) is 23.3 Å². The van der Waals surface area contributed by atoms with Crippen molar-refractivity contribution in [2.75, 3.05) is 20.2 Å². The number of carbonyl (C=O) groups excluding carboxylic acids is 1. The van der Waals surface area contributed by atoms with Gasteiger partial charge in [-0.05, 0) is 12.1 Å². The van der Waals surface area contributed by atoms with E-state index in [9.17, 15) is 4.79 Å². The van der Waals surface area contributed by atoms with Gasteiger partial charge in [0.2, 0.25) is 0 Å². The van der Waals surface area contributed by atoms with Gasteiger partial charge in [-0.25, -0.2) is 0 Å². The molecule has 1 aliphatic rings. The predicted octanol–water partition coefficient (Wildman–Crippen LogP) is 1.59. The average molecular weight is 274 g/mol. The van der Waals surface area contributed by atoms with Gasteiger partial charge in [0.05, 0.1) is 6.54 Å². The Morgan fingerprint density at radius 1 is 1.35 bits per heavy atom. The SMILES string of the molecule is CN(C[C@@H]1COc2ccccc2O1)C(=O)c1ccon1. The van der Waals surface area contributed by atoms with Gasteiger partial charge < -0.3 is 18.9 Å². The van der Waals surface area contributed by atoms with E-state index in [1.54, 1.807) is 11.9 Å². The zero-order chi connectivity index (χ0) is 13.9. The number of ether oxygens (including phenoxy) is 2. The first-order valence-electron chi connectivity index (χ1n) is 6.28. The summed E-state index contributed by atoms with van der Waals surface area (Å²) in [6.45, 7) is 0.827. The number of benzene rings is 1. The second kappa shape index (κ2) is 5.24. The van der Waals surface area contributed by atoms with Crippen LogP contribution >= 0.6 is 0 Å². The van der Waals surface area contributed by atoms with Crippen molar-refractivity contribution in [1.82, 2.24) is 10.1 Å². The monoisotopic (exact) mass is 274 g/mol. The van der Waals surface area contributed by atoms with Crippen LogP contribution in [0.25, 0.3) is 0 Å². The maximum absolute atomic E-state index is 12.0. The van der Waals surface area contributed by atoms with Crippen molar-refractivity contribution in [3.63, 3.8) is 0 Å². The molecule has 0 aliphatic carbocycles. The molecule has 1 amide bonds. The van der Waals surface area contributed by atoms with Crippen molar-refractivity contribution in [3.8, 4) is 11.5 Å². The third-order valence-corrected chi connectivity index (χ3v) is 3.05. The fourth-order valence-corrected chi connectivity index (χ4v) is 2.06. The number of carbonyl (C=O) groups is 1. The molecule has 6 nitrogen and oxygen atoms in total. The zero-order valence-corrected chi connectivity index (χ0v) is 11.0. The highest BCUT2D eigenvalue weighted by atomic mass is 16.6. The van der Waals surface area contributed by atoms with Crippen LogP contribution in [0.1, 0.15) is 10.5 Å². The maximum atomic E-state index is 12.0. The van der Waals surface area contributed by atoms with Crippen molar-refractivity contribution < 1.29 is 18.8 Å². The van der Waals surface area contributed by atoms with Crippen LogP contribution < -0.4 is 9.47 Å². The van der Waals surface area contributed by atoms with E-state index in [4.69, 9.17) is 9.47 Å². The molecule has 0 fully saturated rings. The second-order valence-corrected chi connectivity index (χ2v) is 4.57. The summed E-state index contributed by atoms with van der Waals surface area (Å²) in [5.41, 5.74) is 0.282. The molecule has 1 aromatic heterocycles. The summed E-state index contributed by atoms with van der Waals surface area (Å²) in [5, 5.41) is 3.63. The first kappa shape index (κ1) is 12.5. The Balaban J connectivity index is 1.63. The summed E-state index contributed by atoms with van der Waals surface area (Å²) in [6, 6.07) is 9.01. The van der Waals surface area contributed by atoms with Crippen LogP contribution in [0.4, 0.5) is 0 Å². The Morgan fingerprint density at radius 2 is 2.15 bits per heavy atom. The summed E-state index contributed by atoms with van der Waals surface area (Å²) in [4.78, 5) is 13.6. The molecule has 1 aliphatic heterocycles. The number of aromatic nitrogens is 1. The van der Waals surface area contributed by atoms with Gasteiger partial charge in [-0.3, -0.25) is 4.79 Å². The lowest BCUT2D eigenvalue weighted by Gasteiger charge is -2.29. The van der Waals surface area contributed by atoms with Crippen LogP contribution in [0.5, 0.6) is 11.5 Å². The van der Waals surface area contributed by atoms with E-state index in [0.29, 0.717) is 18.9 Å². The Morgan fingerprint density at radius 3 is 2.90 bits per heavy atom.